The van der Waals surface area contributed by atoms with Crippen LogP contribution in [0.1, 0.15) is 374 Å². The highest BCUT2D eigenvalue weighted by Gasteiger charge is 2.19. The quantitative estimate of drug-likeness (QED) is 0.0261. The van der Waals surface area contributed by atoms with Crippen molar-refractivity contribution in [2.75, 3.05) is 13.2 Å². The Morgan fingerprint density at radius 3 is 0.743 bits per heavy atom. The van der Waals surface area contributed by atoms with Crippen molar-refractivity contribution >= 4 is 17.9 Å². The molecule has 0 saturated heterocycles. The molecule has 0 heterocycles. The first-order chi connectivity index (χ1) is 36.5. The van der Waals surface area contributed by atoms with Gasteiger partial charge < -0.3 is 14.2 Å². The van der Waals surface area contributed by atoms with Crippen LogP contribution in [-0.2, 0) is 28.6 Å². The van der Waals surface area contributed by atoms with Crippen LogP contribution >= 0.6 is 0 Å². The fourth-order valence-corrected chi connectivity index (χ4v) is 10.2. The second-order valence-corrected chi connectivity index (χ2v) is 22.7. The predicted octanol–water partition coefficient (Wildman–Crippen LogP) is 22.6. The number of hydrogen-bond donors (Lipinski definition) is 0. The van der Waals surface area contributed by atoms with Gasteiger partial charge in [-0.25, -0.2) is 0 Å². The van der Waals surface area contributed by atoms with E-state index in [-0.39, 0.29) is 31.1 Å². The van der Waals surface area contributed by atoms with E-state index < -0.39 is 6.10 Å². The van der Waals surface area contributed by atoms with Crippen molar-refractivity contribution in [1.29, 1.82) is 0 Å². The van der Waals surface area contributed by atoms with Crippen LogP contribution in [0.4, 0.5) is 0 Å². The van der Waals surface area contributed by atoms with Crippen molar-refractivity contribution in [2.45, 2.75) is 380 Å². The van der Waals surface area contributed by atoms with Gasteiger partial charge in [0.15, 0.2) is 6.10 Å². The van der Waals surface area contributed by atoms with E-state index in [1.807, 2.05) is 0 Å². The largest absolute Gasteiger partial charge is 0.462 e. The van der Waals surface area contributed by atoms with Gasteiger partial charge in [-0.3, -0.25) is 14.4 Å². The van der Waals surface area contributed by atoms with E-state index in [0.717, 1.165) is 64.2 Å². The summed E-state index contributed by atoms with van der Waals surface area (Å²) in [5.41, 5.74) is 0. The van der Waals surface area contributed by atoms with Crippen molar-refractivity contribution in [3.63, 3.8) is 0 Å². The summed E-state index contributed by atoms with van der Waals surface area (Å²) in [6, 6.07) is 0. The molecule has 0 aliphatic carbocycles. The van der Waals surface area contributed by atoms with Crippen molar-refractivity contribution in [3.8, 4) is 0 Å². The minimum atomic E-state index is -0.766. The summed E-state index contributed by atoms with van der Waals surface area (Å²) in [4.78, 5) is 38.3. The Morgan fingerprint density at radius 1 is 0.270 bits per heavy atom. The standard InChI is InChI=1S/C68H128O6/c1-4-7-10-13-16-19-22-25-28-29-30-31-32-33-34-35-36-37-38-39-41-43-46-49-52-55-58-61-67(70)73-64-65(63-72-66(69)60-57-54-51-48-45-42-27-24-21-18-15-12-9-6-3)74-68(71)62-59-56-53-50-47-44-40-26-23-20-17-14-11-8-5-2/h22,25,29-30,65H,4-21,23-24,26-28,31-64H2,1-3H3/b25-22-,30-29-. The Labute approximate surface area is 462 Å². The van der Waals surface area contributed by atoms with Crippen LogP contribution in [0.3, 0.4) is 0 Å². The van der Waals surface area contributed by atoms with E-state index in [4.69, 9.17) is 14.2 Å². The van der Waals surface area contributed by atoms with Crippen LogP contribution in [0.25, 0.3) is 0 Å². The number of carbonyl (C=O) groups excluding carboxylic acids is 3. The lowest BCUT2D eigenvalue weighted by Crippen LogP contribution is -2.30. The average Bonchev–Trinajstić information content (AvgIpc) is 3.40. The van der Waals surface area contributed by atoms with Crippen LogP contribution in [0.15, 0.2) is 24.3 Å². The molecule has 0 saturated carbocycles. The van der Waals surface area contributed by atoms with Crippen LogP contribution in [0.2, 0.25) is 0 Å². The van der Waals surface area contributed by atoms with Gasteiger partial charge in [-0.05, 0) is 51.4 Å². The minimum Gasteiger partial charge on any atom is -0.462 e. The highest BCUT2D eigenvalue weighted by atomic mass is 16.6. The Kier molecular flexibility index (Phi) is 61.6. The van der Waals surface area contributed by atoms with Gasteiger partial charge >= 0.3 is 17.9 Å². The summed E-state index contributed by atoms with van der Waals surface area (Å²) >= 11 is 0. The third-order valence-electron chi connectivity index (χ3n) is 15.2. The molecule has 0 aromatic rings. The van der Waals surface area contributed by atoms with Crippen molar-refractivity contribution in [1.82, 2.24) is 0 Å². The number of esters is 3. The monoisotopic (exact) mass is 1040 g/mol. The number of allylic oxidation sites excluding steroid dienone is 4. The van der Waals surface area contributed by atoms with E-state index in [1.165, 1.54) is 270 Å². The van der Waals surface area contributed by atoms with Crippen molar-refractivity contribution in [2.24, 2.45) is 0 Å². The first kappa shape index (κ1) is 71.9. The van der Waals surface area contributed by atoms with Crippen LogP contribution < -0.4 is 0 Å². The third kappa shape index (κ3) is 60.8. The summed E-state index contributed by atoms with van der Waals surface area (Å²) in [5, 5.41) is 0. The summed E-state index contributed by atoms with van der Waals surface area (Å²) in [6.07, 6.45) is 76.2. The lowest BCUT2D eigenvalue weighted by molar-refractivity contribution is -0.167. The molecule has 0 radical (unpaired) electrons. The molecule has 0 aliphatic heterocycles. The van der Waals surface area contributed by atoms with Gasteiger partial charge in [-0.15, -0.1) is 0 Å². The maximum absolute atomic E-state index is 12.9. The fraction of sp³-hybridized carbons (Fsp3) is 0.897. The van der Waals surface area contributed by atoms with Crippen molar-refractivity contribution < 1.29 is 28.6 Å². The van der Waals surface area contributed by atoms with E-state index in [9.17, 15) is 14.4 Å². The molecule has 74 heavy (non-hydrogen) atoms. The molecule has 1 atom stereocenters. The Hall–Kier alpha value is -2.11. The highest BCUT2D eigenvalue weighted by Crippen LogP contribution is 2.18. The SMILES string of the molecule is CCCCCCC/C=C\C/C=C\CCCCCCCCCCCCCCCCCC(=O)OCC(COC(=O)CCCCCCCCCCCCCCCC)OC(=O)CCCCCCCCCCCCCCCCC. The molecule has 0 fully saturated rings. The highest BCUT2D eigenvalue weighted by molar-refractivity contribution is 5.71. The maximum Gasteiger partial charge on any atom is 0.306 e. The third-order valence-corrected chi connectivity index (χ3v) is 15.2. The molecule has 436 valence electrons. The molecule has 0 aromatic heterocycles. The zero-order valence-corrected chi connectivity index (χ0v) is 50.1. The predicted molar refractivity (Wildman–Crippen MR) is 321 cm³/mol. The number of unbranched alkanes of at least 4 members (excludes halogenated alkanes) is 47. The minimum absolute atomic E-state index is 0.0639. The molecule has 0 bridgehead atoms. The van der Waals surface area contributed by atoms with Crippen LogP contribution in [0.5, 0.6) is 0 Å². The normalized spacial score (nSPS) is 12.1. The summed E-state index contributed by atoms with van der Waals surface area (Å²) in [7, 11) is 0. The lowest BCUT2D eigenvalue weighted by Gasteiger charge is -2.18. The zero-order chi connectivity index (χ0) is 53.6. The molecule has 0 rings (SSSR count). The van der Waals surface area contributed by atoms with Crippen molar-refractivity contribution in [3.05, 3.63) is 24.3 Å². The Morgan fingerprint density at radius 2 is 0.486 bits per heavy atom. The molecule has 0 spiro atoms. The summed E-state index contributed by atoms with van der Waals surface area (Å²) in [5.74, 6) is -0.834. The molecule has 1 unspecified atom stereocenters. The maximum atomic E-state index is 12.9. The molecule has 6 heteroatoms. The van der Waals surface area contributed by atoms with E-state index in [2.05, 4.69) is 45.1 Å². The van der Waals surface area contributed by atoms with Crippen LogP contribution in [-0.4, -0.2) is 37.2 Å². The second-order valence-electron chi connectivity index (χ2n) is 22.7. The first-order valence-corrected chi connectivity index (χ1v) is 33.3. The Balaban J connectivity index is 4.19. The number of ether oxygens (including phenoxy) is 3. The molecule has 0 aromatic carbocycles. The van der Waals surface area contributed by atoms with Gasteiger partial charge in [-0.2, -0.15) is 0 Å². The smallest absolute Gasteiger partial charge is 0.306 e. The number of hydrogen-bond acceptors (Lipinski definition) is 6. The summed E-state index contributed by atoms with van der Waals surface area (Å²) in [6.45, 7) is 6.70. The first-order valence-electron chi connectivity index (χ1n) is 33.3. The average molecular weight is 1040 g/mol. The molecule has 0 amide bonds. The van der Waals surface area contributed by atoms with Gasteiger partial charge in [0.25, 0.3) is 0 Å². The molecule has 0 aliphatic rings. The fourth-order valence-electron chi connectivity index (χ4n) is 10.2. The van der Waals surface area contributed by atoms with Gasteiger partial charge in [0.05, 0.1) is 0 Å². The molecule has 0 N–H and O–H groups in total. The van der Waals surface area contributed by atoms with E-state index in [1.54, 1.807) is 0 Å². The van der Waals surface area contributed by atoms with E-state index >= 15 is 0 Å². The molecular formula is C68H128O6. The van der Waals surface area contributed by atoms with Gasteiger partial charge in [0.2, 0.25) is 0 Å². The van der Waals surface area contributed by atoms with Gasteiger partial charge in [-0.1, -0.05) is 328 Å². The second kappa shape index (κ2) is 63.4. The van der Waals surface area contributed by atoms with Gasteiger partial charge in [0, 0.05) is 19.3 Å². The van der Waals surface area contributed by atoms with E-state index in [0.29, 0.717) is 19.3 Å². The Bertz CT molecular complexity index is 1190. The lowest BCUT2D eigenvalue weighted by atomic mass is 10.0. The molecule has 6 nitrogen and oxygen atoms in total. The summed E-state index contributed by atoms with van der Waals surface area (Å²) < 4.78 is 17.0. The number of rotatable bonds is 62. The number of carbonyl (C=O) groups is 3. The topological polar surface area (TPSA) is 78.9 Å². The zero-order valence-electron chi connectivity index (χ0n) is 50.1. The molecular weight excluding hydrogens is 913 g/mol. The van der Waals surface area contributed by atoms with Gasteiger partial charge in [0.1, 0.15) is 13.2 Å². The van der Waals surface area contributed by atoms with Crippen LogP contribution in [0, 0.1) is 0 Å².